The van der Waals surface area contributed by atoms with Gasteiger partial charge in [-0.1, -0.05) is 0 Å². The quantitative estimate of drug-likeness (QED) is 0.575. The first-order chi connectivity index (χ1) is 14.4. The molecule has 0 aromatic heterocycles. The van der Waals surface area contributed by atoms with Crippen LogP contribution in [0.3, 0.4) is 0 Å². The summed E-state index contributed by atoms with van der Waals surface area (Å²) in [6.45, 7) is 2.07. The van der Waals surface area contributed by atoms with Crippen molar-refractivity contribution in [3.05, 3.63) is 18.2 Å². The monoisotopic (exact) mass is 439 g/mol. The van der Waals surface area contributed by atoms with Crippen LogP contribution in [0.5, 0.6) is 11.5 Å². The Morgan fingerprint density at radius 2 is 1.93 bits per heavy atom. The van der Waals surface area contributed by atoms with Crippen molar-refractivity contribution in [1.82, 2.24) is 14.5 Å². The Balaban J connectivity index is 1.62. The summed E-state index contributed by atoms with van der Waals surface area (Å²) < 4.78 is 38.0. The number of carbonyl (C=O) groups is 2. The van der Waals surface area contributed by atoms with Gasteiger partial charge < -0.3 is 19.7 Å². The van der Waals surface area contributed by atoms with Crippen molar-refractivity contribution >= 4 is 21.8 Å². The van der Waals surface area contributed by atoms with Crippen LogP contribution < -0.4 is 14.8 Å². The Hall–Kier alpha value is -2.33. The molecular weight excluding hydrogens is 410 g/mol. The summed E-state index contributed by atoms with van der Waals surface area (Å²) in [5, 5.41) is 2.83. The molecule has 1 aromatic rings. The third kappa shape index (κ3) is 4.70. The molecule has 2 aliphatic rings. The van der Waals surface area contributed by atoms with E-state index in [1.165, 1.54) is 36.7 Å². The zero-order valence-electron chi connectivity index (χ0n) is 17.4. The Morgan fingerprint density at radius 1 is 1.17 bits per heavy atom. The average molecular weight is 440 g/mol. The Bertz CT molecular complexity index is 889. The van der Waals surface area contributed by atoms with Crippen LogP contribution >= 0.6 is 0 Å². The van der Waals surface area contributed by atoms with Crippen molar-refractivity contribution in [2.45, 2.75) is 43.0 Å². The predicted octanol–water partition coefficient (Wildman–Crippen LogP) is 0.986. The van der Waals surface area contributed by atoms with Crippen LogP contribution in [0.15, 0.2) is 23.1 Å². The van der Waals surface area contributed by atoms with Crippen LogP contribution in [0.2, 0.25) is 0 Å². The van der Waals surface area contributed by atoms with E-state index < -0.39 is 16.1 Å². The molecular formula is C20H29N3O6S. The van der Waals surface area contributed by atoms with Crippen molar-refractivity contribution in [2.75, 3.05) is 40.4 Å². The molecule has 0 saturated carbocycles. The lowest BCUT2D eigenvalue weighted by Gasteiger charge is -2.24. The maximum atomic E-state index is 13.2. The summed E-state index contributed by atoms with van der Waals surface area (Å²) in [5.41, 5.74) is 0. The second-order valence-electron chi connectivity index (χ2n) is 7.42. The molecule has 9 nitrogen and oxygen atoms in total. The van der Waals surface area contributed by atoms with Crippen LogP contribution in [0.25, 0.3) is 0 Å². The van der Waals surface area contributed by atoms with Gasteiger partial charge >= 0.3 is 0 Å². The highest BCUT2D eigenvalue weighted by atomic mass is 32.2. The van der Waals surface area contributed by atoms with E-state index in [0.717, 1.165) is 13.0 Å². The molecule has 0 radical (unpaired) electrons. The van der Waals surface area contributed by atoms with Gasteiger partial charge in [0.2, 0.25) is 21.8 Å². The summed E-state index contributed by atoms with van der Waals surface area (Å²) in [5.74, 6) is 0.604. The van der Waals surface area contributed by atoms with E-state index in [4.69, 9.17) is 9.47 Å². The SMILES string of the molecule is COc1ccc(S(=O)(=O)N2CCCC2C(=O)NCCCN2CCCC2=O)cc1OC. The molecule has 166 valence electrons. The summed E-state index contributed by atoms with van der Waals surface area (Å²) in [7, 11) is -0.938. The number of nitrogens with zero attached hydrogens (tertiary/aromatic N) is 2. The van der Waals surface area contributed by atoms with Crippen LogP contribution in [0.1, 0.15) is 32.1 Å². The number of hydrogen-bond donors (Lipinski definition) is 1. The van der Waals surface area contributed by atoms with Gasteiger partial charge in [-0.15, -0.1) is 0 Å². The van der Waals surface area contributed by atoms with E-state index >= 15 is 0 Å². The van der Waals surface area contributed by atoms with Gasteiger partial charge in [-0.2, -0.15) is 4.31 Å². The molecule has 2 saturated heterocycles. The van der Waals surface area contributed by atoms with Crippen molar-refractivity contribution in [2.24, 2.45) is 0 Å². The van der Waals surface area contributed by atoms with Gasteiger partial charge in [0.15, 0.2) is 11.5 Å². The number of methoxy groups -OCH3 is 2. The minimum Gasteiger partial charge on any atom is -0.493 e. The number of benzene rings is 1. The normalized spacial score (nSPS) is 19.9. The van der Waals surface area contributed by atoms with E-state index in [1.807, 2.05) is 0 Å². The number of ether oxygens (including phenoxy) is 2. The van der Waals surface area contributed by atoms with Gasteiger partial charge in [-0.3, -0.25) is 9.59 Å². The first-order valence-corrected chi connectivity index (χ1v) is 11.6. The van der Waals surface area contributed by atoms with Gasteiger partial charge in [-0.05, 0) is 37.8 Å². The second kappa shape index (κ2) is 9.65. The molecule has 2 fully saturated rings. The number of sulfonamides is 1. The Morgan fingerprint density at radius 3 is 2.60 bits per heavy atom. The highest BCUT2D eigenvalue weighted by Crippen LogP contribution is 2.33. The molecule has 3 rings (SSSR count). The van der Waals surface area contributed by atoms with Crippen molar-refractivity contribution in [3.63, 3.8) is 0 Å². The molecule has 1 unspecified atom stereocenters. The maximum Gasteiger partial charge on any atom is 0.243 e. The summed E-state index contributed by atoms with van der Waals surface area (Å²) in [6.07, 6.45) is 3.22. The fourth-order valence-corrected chi connectivity index (χ4v) is 5.61. The number of hydrogen-bond acceptors (Lipinski definition) is 6. The highest BCUT2D eigenvalue weighted by molar-refractivity contribution is 7.89. The second-order valence-corrected chi connectivity index (χ2v) is 9.31. The third-order valence-electron chi connectivity index (χ3n) is 5.54. The van der Waals surface area contributed by atoms with Gasteiger partial charge in [0.1, 0.15) is 6.04 Å². The van der Waals surface area contributed by atoms with E-state index in [0.29, 0.717) is 50.3 Å². The Kier molecular flexibility index (Phi) is 7.19. The van der Waals surface area contributed by atoms with Crippen LogP contribution in [-0.2, 0) is 19.6 Å². The Labute approximate surface area is 177 Å². The maximum absolute atomic E-state index is 13.2. The minimum atomic E-state index is -3.86. The van der Waals surface area contributed by atoms with Crippen LogP contribution in [0, 0.1) is 0 Å². The lowest BCUT2D eigenvalue weighted by molar-refractivity contribution is -0.127. The molecule has 2 amide bonds. The van der Waals surface area contributed by atoms with Crippen molar-refractivity contribution < 1.29 is 27.5 Å². The predicted molar refractivity (Wildman–Crippen MR) is 110 cm³/mol. The van der Waals surface area contributed by atoms with Gasteiger partial charge in [-0.25, -0.2) is 8.42 Å². The first kappa shape index (κ1) is 22.4. The molecule has 10 heteroatoms. The number of amides is 2. The van der Waals surface area contributed by atoms with Crippen molar-refractivity contribution in [1.29, 1.82) is 0 Å². The first-order valence-electron chi connectivity index (χ1n) is 10.2. The summed E-state index contributed by atoms with van der Waals surface area (Å²) in [6, 6.07) is 3.67. The standard InChI is InChI=1S/C20H29N3O6S/c1-28-17-9-8-15(14-18(17)29-2)30(26,27)23-13-3-6-16(23)20(25)21-10-5-12-22-11-4-7-19(22)24/h8-9,14,16H,3-7,10-13H2,1-2H3,(H,21,25). The zero-order valence-corrected chi connectivity index (χ0v) is 18.2. The van der Waals surface area contributed by atoms with E-state index in [-0.39, 0.29) is 23.3 Å². The minimum absolute atomic E-state index is 0.0624. The van der Waals surface area contributed by atoms with Crippen LogP contribution in [0.4, 0.5) is 0 Å². The molecule has 1 N–H and O–H groups in total. The van der Waals surface area contributed by atoms with E-state index in [9.17, 15) is 18.0 Å². The number of rotatable bonds is 9. The van der Waals surface area contributed by atoms with Gasteiger partial charge in [0.25, 0.3) is 0 Å². The lowest BCUT2D eigenvalue weighted by atomic mass is 10.2. The summed E-state index contributed by atoms with van der Waals surface area (Å²) in [4.78, 5) is 26.2. The van der Waals surface area contributed by atoms with Gasteiger partial charge in [0, 0.05) is 38.7 Å². The molecule has 2 aliphatic heterocycles. The van der Waals surface area contributed by atoms with Gasteiger partial charge in [0.05, 0.1) is 19.1 Å². The fourth-order valence-electron chi connectivity index (χ4n) is 3.94. The molecule has 30 heavy (non-hydrogen) atoms. The third-order valence-corrected chi connectivity index (χ3v) is 7.45. The smallest absolute Gasteiger partial charge is 0.243 e. The van der Waals surface area contributed by atoms with Crippen molar-refractivity contribution in [3.8, 4) is 11.5 Å². The summed E-state index contributed by atoms with van der Waals surface area (Å²) >= 11 is 0. The number of carbonyl (C=O) groups excluding carboxylic acids is 2. The molecule has 1 atom stereocenters. The van der Waals surface area contributed by atoms with Crippen LogP contribution in [-0.4, -0.2) is 75.9 Å². The molecule has 0 spiro atoms. The molecule has 2 heterocycles. The lowest BCUT2D eigenvalue weighted by Crippen LogP contribution is -2.46. The number of likely N-dealkylation sites (tertiary alicyclic amines) is 1. The topological polar surface area (TPSA) is 105 Å². The highest BCUT2D eigenvalue weighted by Gasteiger charge is 2.39. The number of nitrogens with one attached hydrogen (secondary N) is 1. The average Bonchev–Trinajstić information content (AvgIpc) is 3.40. The molecule has 0 aliphatic carbocycles. The zero-order chi connectivity index (χ0) is 21.7. The van der Waals surface area contributed by atoms with E-state index in [1.54, 1.807) is 4.90 Å². The fraction of sp³-hybridized carbons (Fsp3) is 0.600. The largest absolute Gasteiger partial charge is 0.493 e. The molecule has 0 bridgehead atoms. The molecule has 1 aromatic carbocycles. The van der Waals surface area contributed by atoms with E-state index in [2.05, 4.69) is 5.32 Å².